The van der Waals surface area contributed by atoms with E-state index in [9.17, 15) is 0 Å². The Balaban J connectivity index is 2.08. The van der Waals surface area contributed by atoms with Crippen LogP contribution >= 0.6 is 15.9 Å². The summed E-state index contributed by atoms with van der Waals surface area (Å²) in [6, 6.07) is 6.68. The molecule has 0 aliphatic carbocycles. The summed E-state index contributed by atoms with van der Waals surface area (Å²) in [5.74, 6) is 0.682. The van der Waals surface area contributed by atoms with E-state index in [1.54, 1.807) is 0 Å². The summed E-state index contributed by atoms with van der Waals surface area (Å²) >= 11 is 3.74. The Kier molecular flexibility index (Phi) is 5.69. The lowest BCUT2D eigenvalue weighted by atomic mass is 10.0. The van der Waals surface area contributed by atoms with Gasteiger partial charge < -0.3 is 15.0 Å². The molecule has 2 rings (SSSR count). The maximum Gasteiger partial charge on any atom is 0.0694 e. The summed E-state index contributed by atoms with van der Waals surface area (Å²) < 4.78 is 6.78. The molecule has 3 nitrogen and oxygen atoms in total. The Bertz CT molecular complexity index is 474. The molecule has 4 heteroatoms. The van der Waals surface area contributed by atoms with Gasteiger partial charge in [-0.2, -0.15) is 0 Å². The first-order chi connectivity index (χ1) is 9.90. The Morgan fingerprint density at radius 2 is 2.14 bits per heavy atom. The molecule has 0 amide bonds. The van der Waals surface area contributed by atoms with Gasteiger partial charge in [0.2, 0.25) is 0 Å². The van der Waals surface area contributed by atoms with Crippen molar-refractivity contribution < 1.29 is 4.74 Å². The maximum absolute atomic E-state index is 5.61. The summed E-state index contributed by atoms with van der Waals surface area (Å²) in [5.41, 5.74) is 2.62. The third-order valence-corrected chi connectivity index (χ3v) is 4.46. The number of nitrogens with one attached hydrogen (secondary N) is 1. The number of benzene rings is 1. The monoisotopic (exact) mass is 354 g/mol. The van der Waals surface area contributed by atoms with E-state index in [1.165, 1.54) is 15.7 Å². The molecule has 118 valence electrons. The van der Waals surface area contributed by atoms with Crippen molar-refractivity contribution in [1.82, 2.24) is 5.32 Å². The lowest BCUT2D eigenvalue weighted by molar-refractivity contribution is 0.0643. The molecule has 1 N–H and O–H groups in total. The molecule has 1 saturated heterocycles. The van der Waals surface area contributed by atoms with Crippen molar-refractivity contribution in [2.75, 3.05) is 31.2 Å². The first-order valence-corrected chi connectivity index (χ1v) is 8.54. The van der Waals surface area contributed by atoms with Crippen LogP contribution in [0.3, 0.4) is 0 Å². The summed E-state index contributed by atoms with van der Waals surface area (Å²) in [4.78, 5) is 2.44. The third kappa shape index (κ3) is 4.44. The number of hydrogen-bond acceptors (Lipinski definition) is 3. The van der Waals surface area contributed by atoms with E-state index in [-0.39, 0.29) is 5.54 Å². The topological polar surface area (TPSA) is 24.5 Å². The minimum atomic E-state index is 0.0399. The lowest BCUT2D eigenvalue weighted by Crippen LogP contribution is -2.53. The van der Waals surface area contributed by atoms with Crippen LogP contribution in [0, 0.1) is 5.92 Å². The highest BCUT2D eigenvalue weighted by molar-refractivity contribution is 9.10. The molecule has 0 atom stereocenters. The van der Waals surface area contributed by atoms with E-state index in [1.807, 2.05) is 0 Å². The van der Waals surface area contributed by atoms with E-state index in [4.69, 9.17) is 4.74 Å². The molecule has 1 aromatic carbocycles. The zero-order valence-electron chi connectivity index (χ0n) is 13.6. The highest BCUT2D eigenvalue weighted by Gasteiger charge is 2.31. The van der Waals surface area contributed by atoms with Gasteiger partial charge in [0.05, 0.1) is 24.4 Å². The van der Waals surface area contributed by atoms with Gasteiger partial charge in [-0.05, 0) is 59.9 Å². The van der Waals surface area contributed by atoms with Gasteiger partial charge >= 0.3 is 0 Å². The lowest BCUT2D eigenvalue weighted by Gasteiger charge is -2.44. The van der Waals surface area contributed by atoms with Gasteiger partial charge in [-0.15, -0.1) is 0 Å². The average molecular weight is 355 g/mol. The summed E-state index contributed by atoms with van der Waals surface area (Å²) in [6.45, 7) is 13.4. The normalized spacial score (nSPS) is 18.3. The largest absolute Gasteiger partial charge is 0.377 e. The minimum Gasteiger partial charge on any atom is -0.377 e. The van der Waals surface area contributed by atoms with Crippen molar-refractivity contribution in [2.45, 2.75) is 39.8 Å². The van der Waals surface area contributed by atoms with Gasteiger partial charge in [-0.25, -0.2) is 0 Å². The Hall–Kier alpha value is -0.580. The first-order valence-electron chi connectivity index (χ1n) is 7.74. The fraction of sp³-hybridized carbons (Fsp3) is 0.647. The van der Waals surface area contributed by atoms with Crippen molar-refractivity contribution in [1.29, 1.82) is 0 Å². The van der Waals surface area contributed by atoms with Crippen LogP contribution in [0.5, 0.6) is 0 Å². The molecule has 1 aliphatic rings. The standard InChI is InChI=1S/C17H27BrN2O/c1-13(2)10-19-11-14-5-6-16(15(18)9-14)20-7-8-21-12-17(20,3)4/h5-6,9,13,19H,7-8,10-12H2,1-4H3. The van der Waals surface area contributed by atoms with Gasteiger partial charge in [0.25, 0.3) is 0 Å². The number of ether oxygens (including phenoxy) is 1. The predicted octanol–water partition coefficient (Wildman–Crippen LogP) is 3.81. The van der Waals surface area contributed by atoms with Crippen LogP contribution < -0.4 is 10.2 Å². The fourth-order valence-corrected chi connectivity index (χ4v) is 3.33. The van der Waals surface area contributed by atoms with Crippen molar-refractivity contribution in [3.8, 4) is 0 Å². The molecule has 21 heavy (non-hydrogen) atoms. The van der Waals surface area contributed by atoms with Gasteiger partial charge in [0.15, 0.2) is 0 Å². The number of rotatable bonds is 5. The Morgan fingerprint density at radius 3 is 2.76 bits per heavy atom. The number of hydrogen-bond donors (Lipinski definition) is 1. The molecular formula is C17H27BrN2O. The molecule has 0 saturated carbocycles. The van der Waals surface area contributed by atoms with Crippen molar-refractivity contribution in [3.05, 3.63) is 28.2 Å². The van der Waals surface area contributed by atoms with Crippen LogP contribution in [-0.2, 0) is 11.3 Å². The SMILES string of the molecule is CC(C)CNCc1ccc(N2CCOCC2(C)C)c(Br)c1. The second-order valence-electron chi connectivity index (χ2n) is 6.83. The van der Waals surface area contributed by atoms with E-state index in [0.29, 0.717) is 5.92 Å². The summed E-state index contributed by atoms with van der Waals surface area (Å²) in [5, 5.41) is 3.49. The molecule has 1 aliphatic heterocycles. The first kappa shape index (κ1) is 16.8. The van der Waals surface area contributed by atoms with Crippen molar-refractivity contribution in [3.63, 3.8) is 0 Å². The number of halogens is 1. The average Bonchev–Trinajstić information content (AvgIpc) is 2.39. The highest BCUT2D eigenvalue weighted by Crippen LogP contribution is 2.33. The van der Waals surface area contributed by atoms with Crippen molar-refractivity contribution in [2.24, 2.45) is 5.92 Å². The zero-order chi connectivity index (χ0) is 15.5. The molecule has 0 bridgehead atoms. The summed E-state index contributed by atoms with van der Waals surface area (Å²) in [6.07, 6.45) is 0. The molecule has 0 aromatic heterocycles. The second-order valence-corrected chi connectivity index (χ2v) is 7.68. The van der Waals surface area contributed by atoms with Crippen LogP contribution in [0.2, 0.25) is 0 Å². The zero-order valence-corrected chi connectivity index (χ0v) is 15.2. The van der Waals surface area contributed by atoms with Gasteiger partial charge in [-0.3, -0.25) is 0 Å². The number of anilines is 1. The maximum atomic E-state index is 5.61. The van der Waals surface area contributed by atoms with Crippen LogP contribution in [0.15, 0.2) is 22.7 Å². The van der Waals surface area contributed by atoms with Crippen LogP contribution in [0.4, 0.5) is 5.69 Å². The van der Waals surface area contributed by atoms with Crippen LogP contribution in [0.1, 0.15) is 33.3 Å². The minimum absolute atomic E-state index is 0.0399. The number of morpholine rings is 1. The second kappa shape index (κ2) is 7.12. The van der Waals surface area contributed by atoms with Gasteiger partial charge in [0.1, 0.15) is 0 Å². The molecule has 1 aromatic rings. The van der Waals surface area contributed by atoms with Crippen LogP contribution in [0.25, 0.3) is 0 Å². The molecule has 0 unspecified atom stereocenters. The molecule has 0 spiro atoms. The highest BCUT2D eigenvalue weighted by atomic mass is 79.9. The van der Waals surface area contributed by atoms with E-state index < -0.39 is 0 Å². The molecular weight excluding hydrogens is 328 g/mol. The molecule has 0 radical (unpaired) electrons. The van der Waals surface area contributed by atoms with Crippen molar-refractivity contribution >= 4 is 21.6 Å². The summed E-state index contributed by atoms with van der Waals surface area (Å²) in [7, 11) is 0. The van der Waals surface area contributed by atoms with E-state index in [0.717, 1.165) is 32.8 Å². The van der Waals surface area contributed by atoms with E-state index >= 15 is 0 Å². The van der Waals surface area contributed by atoms with Crippen LogP contribution in [-0.4, -0.2) is 31.8 Å². The fourth-order valence-electron chi connectivity index (χ4n) is 2.69. The van der Waals surface area contributed by atoms with Gasteiger partial charge in [0, 0.05) is 17.6 Å². The molecule has 1 heterocycles. The third-order valence-electron chi connectivity index (χ3n) is 3.83. The Morgan fingerprint density at radius 1 is 1.38 bits per heavy atom. The van der Waals surface area contributed by atoms with E-state index in [2.05, 4.69) is 72.0 Å². The van der Waals surface area contributed by atoms with Gasteiger partial charge in [-0.1, -0.05) is 19.9 Å². The Labute approximate surface area is 137 Å². The smallest absolute Gasteiger partial charge is 0.0694 e. The number of nitrogens with zero attached hydrogens (tertiary/aromatic N) is 1. The quantitative estimate of drug-likeness (QED) is 0.869. The molecule has 1 fully saturated rings. The predicted molar refractivity (Wildman–Crippen MR) is 92.9 cm³/mol.